The van der Waals surface area contributed by atoms with E-state index in [1.165, 1.54) is 4.88 Å². The predicted octanol–water partition coefficient (Wildman–Crippen LogP) is 5.32. The van der Waals surface area contributed by atoms with Gasteiger partial charge in [-0.3, -0.25) is 0 Å². The normalized spacial score (nSPS) is 12.7. The third kappa shape index (κ3) is 3.28. The molecule has 1 unspecified atom stereocenters. The maximum atomic E-state index is 6.26. The fourth-order valence-electron chi connectivity index (χ4n) is 1.82. The lowest BCUT2D eigenvalue weighted by molar-refractivity contribution is 0.597. The Bertz CT molecular complexity index is 542. The van der Waals surface area contributed by atoms with Crippen molar-refractivity contribution in [3.05, 3.63) is 54.6 Å². The molecule has 1 aromatic carbocycles. The maximum Gasteiger partial charge on any atom is 0.0640 e. The Morgan fingerprint density at radius 2 is 2.17 bits per heavy atom. The molecule has 2 aromatic rings. The van der Waals surface area contributed by atoms with E-state index in [4.69, 9.17) is 23.2 Å². The van der Waals surface area contributed by atoms with Gasteiger partial charge in [0, 0.05) is 27.2 Å². The number of likely N-dealkylation sites (N-methyl/N-ethyl adjacent to an activating group) is 1. The highest BCUT2D eigenvalue weighted by Gasteiger charge is 2.16. The molecule has 0 saturated carbocycles. The number of rotatable bonds is 4. The molecule has 0 saturated heterocycles. The number of halogens is 3. The molecule has 0 bridgehead atoms. The van der Waals surface area contributed by atoms with Gasteiger partial charge < -0.3 is 5.32 Å². The van der Waals surface area contributed by atoms with E-state index in [1.807, 2.05) is 25.2 Å². The van der Waals surface area contributed by atoms with Crippen molar-refractivity contribution in [3.8, 4) is 0 Å². The molecule has 96 valence electrons. The van der Waals surface area contributed by atoms with Crippen molar-refractivity contribution in [2.24, 2.45) is 0 Å². The minimum absolute atomic E-state index is 0.168. The molecule has 1 atom stereocenters. The first-order valence-corrected chi connectivity index (χ1v) is 7.88. The van der Waals surface area contributed by atoms with Crippen LogP contribution in [0.5, 0.6) is 0 Å². The van der Waals surface area contributed by atoms with Gasteiger partial charge in [-0.2, -0.15) is 0 Å². The highest BCUT2D eigenvalue weighted by molar-refractivity contribution is 9.10. The van der Waals surface area contributed by atoms with Crippen LogP contribution in [0, 0.1) is 0 Å². The van der Waals surface area contributed by atoms with Crippen molar-refractivity contribution in [2.75, 3.05) is 7.05 Å². The Morgan fingerprint density at radius 3 is 2.78 bits per heavy atom. The van der Waals surface area contributed by atoms with Gasteiger partial charge in [-0.15, -0.1) is 11.3 Å². The Hall–Kier alpha value is -0.0600. The first-order chi connectivity index (χ1) is 8.61. The van der Waals surface area contributed by atoms with Crippen molar-refractivity contribution in [1.29, 1.82) is 0 Å². The summed E-state index contributed by atoms with van der Waals surface area (Å²) in [6, 6.07) is 8.05. The summed E-state index contributed by atoms with van der Waals surface area (Å²) >= 11 is 17.5. The first-order valence-electron chi connectivity index (χ1n) is 5.46. The second-order valence-electron chi connectivity index (χ2n) is 3.92. The van der Waals surface area contributed by atoms with Crippen LogP contribution >= 0.6 is 50.5 Å². The Morgan fingerprint density at radius 1 is 1.39 bits per heavy atom. The highest BCUT2D eigenvalue weighted by atomic mass is 79.9. The summed E-state index contributed by atoms with van der Waals surface area (Å²) in [5, 5.41) is 6.61. The van der Waals surface area contributed by atoms with E-state index in [9.17, 15) is 0 Å². The summed E-state index contributed by atoms with van der Waals surface area (Å²) in [7, 11) is 1.94. The second kappa shape index (κ2) is 6.40. The fraction of sp³-hybridized carbons (Fsp3) is 0.231. The number of hydrogen-bond acceptors (Lipinski definition) is 2. The van der Waals surface area contributed by atoms with Crippen molar-refractivity contribution in [3.63, 3.8) is 0 Å². The molecule has 0 aliphatic heterocycles. The lowest BCUT2D eigenvalue weighted by Gasteiger charge is -2.17. The standard InChI is InChI=1S/C13H12BrCl2NS/c1-17-12(6-9-5-8(14)7-18-9)10-3-2-4-11(15)13(10)16/h2-5,7,12,17H,6H2,1H3. The average molecular weight is 365 g/mol. The summed E-state index contributed by atoms with van der Waals surface area (Å²) in [5.41, 5.74) is 1.04. The zero-order chi connectivity index (χ0) is 13.1. The van der Waals surface area contributed by atoms with Crippen LogP contribution in [0.3, 0.4) is 0 Å². The molecule has 2 rings (SSSR count). The zero-order valence-electron chi connectivity index (χ0n) is 9.71. The minimum Gasteiger partial charge on any atom is -0.313 e. The fourth-order valence-corrected chi connectivity index (χ4v) is 3.76. The first kappa shape index (κ1) is 14.4. The van der Waals surface area contributed by atoms with Gasteiger partial charge in [0.05, 0.1) is 10.0 Å². The van der Waals surface area contributed by atoms with Gasteiger partial charge in [-0.05, 0) is 40.7 Å². The van der Waals surface area contributed by atoms with E-state index in [2.05, 4.69) is 32.7 Å². The molecule has 0 fully saturated rings. The van der Waals surface area contributed by atoms with Crippen LogP contribution in [-0.4, -0.2) is 7.05 Å². The molecule has 0 aliphatic rings. The lowest BCUT2D eigenvalue weighted by Crippen LogP contribution is -2.18. The zero-order valence-corrected chi connectivity index (χ0v) is 13.6. The van der Waals surface area contributed by atoms with Gasteiger partial charge in [0.25, 0.3) is 0 Å². The molecule has 1 aromatic heterocycles. The van der Waals surface area contributed by atoms with Crippen LogP contribution in [0.1, 0.15) is 16.5 Å². The molecule has 1 heterocycles. The van der Waals surface area contributed by atoms with E-state index in [1.54, 1.807) is 11.3 Å². The molecule has 5 heteroatoms. The SMILES string of the molecule is CNC(Cc1cc(Br)cs1)c1cccc(Cl)c1Cl. The third-order valence-corrected chi connectivity index (χ3v) is 5.29. The Balaban J connectivity index is 2.25. The van der Waals surface area contributed by atoms with E-state index < -0.39 is 0 Å². The third-order valence-electron chi connectivity index (χ3n) is 2.73. The van der Waals surface area contributed by atoms with Crippen LogP contribution in [-0.2, 0) is 6.42 Å². The van der Waals surface area contributed by atoms with E-state index in [0.29, 0.717) is 10.0 Å². The van der Waals surface area contributed by atoms with E-state index in [-0.39, 0.29) is 6.04 Å². The average Bonchev–Trinajstić information content (AvgIpc) is 2.76. The van der Waals surface area contributed by atoms with Crippen molar-refractivity contribution < 1.29 is 0 Å². The monoisotopic (exact) mass is 363 g/mol. The Labute approximate surface area is 129 Å². The number of hydrogen-bond donors (Lipinski definition) is 1. The maximum absolute atomic E-state index is 6.26. The number of nitrogens with one attached hydrogen (secondary N) is 1. The summed E-state index contributed by atoms with van der Waals surface area (Å²) in [5.74, 6) is 0. The summed E-state index contributed by atoms with van der Waals surface area (Å²) < 4.78 is 1.12. The molecular formula is C13H12BrCl2NS. The lowest BCUT2D eigenvalue weighted by atomic mass is 10.0. The Kier molecular flexibility index (Phi) is 5.10. The summed E-state index contributed by atoms with van der Waals surface area (Å²) in [4.78, 5) is 1.30. The van der Waals surface area contributed by atoms with Gasteiger partial charge in [0.2, 0.25) is 0 Å². The smallest absolute Gasteiger partial charge is 0.0640 e. The van der Waals surface area contributed by atoms with Crippen molar-refractivity contribution in [1.82, 2.24) is 5.32 Å². The van der Waals surface area contributed by atoms with Gasteiger partial charge in [0.15, 0.2) is 0 Å². The van der Waals surface area contributed by atoms with Crippen LogP contribution in [0.4, 0.5) is 0 Å². The predicted molar refractivity (Wildman–Crippen MR) is 84.0 cm³/mol. The highest BCUT2D eigenvalue weighted by Crippen LogP contribution is 2.32. The summed E-state index contributed by atoms with van der Waals surface area (Å²) in [6.45, 7) is 0. The largest absolute Gasteiger partial charge is 0.313 e. The van der Waals surface area contributed by atoms with Gasteiger partial charge >= 0.3 is 0 Å². The topological polar surface area (TPSA) is 12.0 Å². The van der Waals surface area contributed by atoms with Crippen LogP contribution < -0.4 is 5.32 Å². The second-order valence-corrected chi connectivity index (χ2v) is 6.62. The molecule has 1 N–H and O–H groups in total. The van der Waals surface area contributed by atoms with Gasteiger partial charge in [0.1, 0.15) is 0 Å². The number of thiophene rings is 1. The molecule has 18 heavy (non-hydrogen) atoms. The minimum atomic E-state index is 0.168. The molecular weight excluding hydrogens is 353 g/mol. The molecule has 0 amide bonds. The van der Waals surface area contributed by atoms with Crippen molar-refractivity contribution in [2.45, 2.75) is 12.5 Å². The molecule has 0 aliphatic carbocycles. The molecule has 0 radical (unpaired) electrons. The van der Waals surface area contributed by atoms with E-state index in [0.717, 1.165) is 16.5 Å². The van der Waals surface area contributed by atoms with E-state index >= 15 is 0 Å². The quantitative estimate of drug-likeness (QED) is 0.773. The van der Waals surface area contributed by atoms with Crippen LogP contribution in [0.15, 0.2) is 34.1 Å². The van der Waals surface area contributed by atoms with Crippen LogP contribution in [0.25, 0.3) is 0 Å². The van der Waals surface area contributed by atoms with Gasteiger partial charge in [-0.1, -0.05) is 35.3 Å². The molecule has 0 spiro atoms. The van der Waals surface area contributed by atoms with Crippen LogP contribution in [0.2, 0.25) is 10.0 Å². The summed E-state index contributed by atoms with van der Waals surface area (Å²) in [6.07, 6.45) is 0.896. The molecule has 1 nitrogen and oxygen atoms in total. The van der Waals surface area contributed by atoms with Crippen molar-refractivity contribution >= 4 is 50.5 Å². The van der Waals surface area contributed by atoms with Gasteiger partial charge in [-0.25, -0.2) is 0 Å². The number of benzene rings is 1.